The van der Waals surface area contributed by atoms with Gasteiger partial charge >= 0.3 is 5.97 Å². The Morgan fingerprint density at radius 3 is 2.55 bits per heavy atom. The maximum Gasteiger partial charge on any atom is 0.316 e. The molecule has 0 spiro atoms. The van der Waals surface area contributed by atoms with Crippen LogP contribution >= 0.6 is 0 Å². The van der Waals surface area contributed by atoms with Gasteiger partial charge in [0.1, 0.15) is 12.0 Å². The zero-order valence-corrected chi connectivity index (χ0v) is 11.6. The summed E-state index contributed by atoms with van der Waals surface area (Å²) in [7, 11) is 0. The fourth-order valence-electron chi connectivity index (χ4n) is 3.28. The lowest BCUT2D eigenvalue weighted by Crippen LogP contribution is -2.52. The highest BCUT2D eigenvalue weighted by atomic mass is 16.5. The first-order valence-corrected chi connectivity index (χ1v) is 7.36. The number of carbonyl (C=O) groups excluding carboxylic acids is 1. The Hall–Kier alpha value is -1.39. The minimum atomic E-state index is -0.563. The first-order chi connectivity index (χ1) is 9.78. The molecule has 2 atom stereocenters. The predicted octanol–water partition coefficient (Wildman–Crippen LogP) is 1.40. The zero-order chi connectivity index (χ0) is 13.9. The number of fused-ring (bicyclic) bond motifs is 3. The number of hydrogen-bond acceptors (Lipinski definition) is 4. The molecular weight excluding hydrogens is 254 g/mol. The number of rotatable bonds is 4. The van der Waals surface area contributed by atoms with Crippen molar-refractivity contribution >= 4 is 5.97 Å². The van der Waals surface area contributed by atoms with Gasteiger partial charge in [-0.25, -0.2) is 0 Å². The van der Waals surface area contributed by atoms with Crippen LogP contribution in [0.2, 0.25) is 0 Å². The quantitative estimate of drug-likeness (QED) is 0.844. The monoisotopic (exact) mass is 275 g/mol. The second-order valence-corrected chi connectivity index (χ2v) is 5.76. The molecule has 0 saturated carbocycles. The Labute approximate surface area is 119 Å². The van der Waals surface area contributed by atoms with Gasteiger partial charge in [-0.1, -0.05) is 30.3 Å². The number of aliphatic hydroxyl groups excluding tert-OH is 1. The van der Waals surface area contributed by atoms with Crippen molar-refractivity contribution in [1.82, 2.24) is 4.90 Å². The van der Waals surface area contributed by atoms with Crippen LogP contribution in [-0.4, -0.2) is 48.3 Å². The standard InChI is InChI=1S/C16H21NO3/c18-11-14(12-4-2-1-3-5-12)16(19)20-15-10-17-8-6-13(15)7-9-17/h1-5,13-15,18H,6-11H2/t14-,15-/m1/s1. The van der Waals surface area contributed by atoms with Crippen molar-refractivity contribution in [3.8, 4) is 0 Å². The van der Waals surface area contributed by atoms with E-state index in [1.807, 2.05) is 30.3 Å². The van der Waals surface area contributed by atoms with Crippen molar-refractivity contribution in [3.05, 3.63) is 35.9 Å². The smallest absolute Gasteiger partial charge is 0.316 e. The van der Waals surface area contributed by atoms with E-state index in [4.69, 9.17) is 4.74 Å². The van der Waals surface area contributed by atoms with Crippen LogP contribution < -0.4 is 0 Å². The molecule has 3 heterocycles. The first kappa shape index (κ1) is 13.6. The second kappa shape index (κ2) is 5.94. The van der Waals surface area contributed by atoms with E-state index in [-0.39, 0.29) is 18.7 Å². The summed E-state index contributed by atoms with van der Waals surface area (Å²) < 4.78 is 5.69. The fourth-order valence-corrected chi connectivity index (χ4v) is 3.28. The van der Waals surface area contributed by atoms with Crippen LogP contribution in [0.15, 0.2) is 30.3 Å². The van der Waals surface area contributed by atoms with Gasteiger partial charge < -0.3 is 9.84 Å². The predicted molar refractivity (Wildman–Crippen MR) is 75.3 cm³/mol. The molecule has 4 heteroatoms. The molecule has 3 aliphatic rings. The lowest BCUT2D eigenvalue weighted by atomic mass is 9.85. The van der Waals surface area contributed by atoms with Crippen LogP contribution in [0.1, 0.15) is 24.3 Å². The summed E-state index contributed by atoms with van der Waals surface area (Å²) in [6, 6.07) is 9.37. The average molecular weight is 275 g/mol. The summed E-state index contributed by atoms with van der Waals surface area (Å²) in [4.78, 5) is 14.7. The third kappa shape index (κ3) is 2.72. The SMILES string of the molecule is O=C(O[C@@H]1CN2CCC1CC2)[C@H](CO)c1ccccc1. The largest absolute Gasteiger partial charge is 0.460 e. The van der Waals surface area contributed by atoms with E-state index in [1.54, 1.807) is 0 Å². The van der Waals surface area contributed by atoms with E-state index in [1.165, 1.54) is 0 Å². The Morgan fingerprint density at radius 2 is 2.00 bits per heavy atom. The van der Waals surface area contributed by atoms with Crippen LogP contribution in [-0.2, 0) is 9.53 Å². The minimum Gasteiger partial charge on any atom is -0.460 e. The number of esters is 1. The second-order valence-electron chi connectivity index (χ2n) is 5.76. The molecule has 4 nitrogen and oxygen atoms in total. The summed E-state index contributed by atoms with van der Waals surface area (Å²) in [5.41, 5.74) is 0.821. The van der Waals surface area contributed by atoms with Crippen LogP contribution in [0.25, 0.3) is 0 Å². The van der Waals surface area contributed by atoms with E-state index in [0.717, 1.165) is 38.0 Å². The molecule has 1 aromatic rings. The summed E-state index contributed by atoms with van der Waals surface area (Å²) in [6.45, 7) is 2.90. The third-order valence-corrected chi connectivity index (χ3v) is 4.53. The highest BCUT2D eigenvalue weighted by Crippen LogP contribution is 2.30. The molecule has 0 aromatic heterocycles. The maximum absolute atomic E-state index is 12.3. The molecule has 0 amide bonds. The molecule has 1 N–H and O–H groups in total. The topological polar surface area (TPSA) is 49.8 Å². The summed E-state index contributed by atoms with van der Waals surface area (Å²) in [5.74, 6) is -0.358. The molecule has 0 radical (unpaired) electrons. The number of benzene rings is 1. The Balaban J connectivity index is 1.66. The molecule has 0 aliphatic carbocycles. The molecule has 2 bridgehead atoms. The van der Waals surface area contributed by atoms with Gasteiger partial charge in [0, 0.05) is 6.54 Å². The third-order valence-electron chi connectivity index (χ3n) is 4.53. The van der Waals surface area contributed by atoms with E-state index < -0.39 is 5.92 Å². The van der Waals surface area contributed by atoms with Crippen LogP contribution in [0.3, 0.4) is 0 Å². The molecule has 108 valence electrons. The highest BCUT2D eigenvalue weighted by Gasteiger charge is 2.37. The highest BCUT2D eigenvalue weighted by molar-refractivity contribution is 5.78. The van der Waals surface area contributed by atoms with Crippen LogP contribution in [0, 0.1) is 5.92 Å². The fraction of sp³-hybridized carbons (Fsp3) is 0.562. The summed E-state index contributed by atoms with van der Waals surface area (Å²) in [5, 5.41) is 9.50. The van der Waals surface area contributed by atoms with Gasteiger partial charge in [-0.2, -0.15) is 0 Å². The van der Waals surface area contributed by atoms with E-state index in [9.17, 15) is 9.90 Å². The Kier molecular flexibility index (Phi) is 4.03. The van der Waals surface area contributed by atoms with Gasteiger partial charge in [-0.05, 0) is 37.4 Å². The van der Waals surface area contributed by atoms with Crippen molar-refractivity contribution in [1.29, 1.82) is 0 Å². The van der Waals surface area contributed by atoms with Crippen LogP contribution in [0.4, 0.5) is 0 Å². The normalized spacial score (nSPS) is 29.9. The lowest BCUT2D eigenvalue weighted by molar-refractivity contribution is -0.161. The van der Waals surface area contributed by atoms with Gasteiger partial charge in [0.2, 0.25) is 0 Å². The molecule has 20 heavy (non-hydrogen) atoms. The van der Waals surface area contributed by atoms with Crippen LogP contribution in [0.5, 0.6) is 0 Å². The number of carbonyl (C=O) groups is 1. The van der Waals surface area contributed by atoms with Crippen molar-refractivity contribution in [2.24, 2.45) is 5.92 Å². The molecule has 0 unspecified atom stereocenters. The van der Waals surface area contributed by atoms with Gasteiger partial charge in [0.15, 0.2) is 0 Å². The van der Waals surface area contributed by atoms with E-state index >= 15 is 0 Å². The van der Waals surface area contributed by atoms with E-state index in [2.05, 4.69) is 4.90 Å². The number of hydrogen-bond donors (Lipinski definition) is 1. The number of aliphatic hydroxyl groups is 1. The molecule has 3 saturated heterocycles. The lowest BCUT2D eigenvalue weighted by Gasteiger charge is -2.44. The average Bonchev–Trinajstić information content (AvgIpc) is 2.50. The molecular formula is C16H21NO3. The molecule has 3 aliphatic heterocycles. The molecule has 1 aromatic carbocycles. The zero-order valence-electron chi connectivity index (χ0n) is 11.6. The van der Waals surface area contributed by atoms with Gasteiger partial charge in [-0.15, -0.1) is 0 Å². The molecule has 3 fully saturated rings. The van der Waals surface area contributed by atoms with Crippen molar-refractivity contribution in [2.45, 2.75) is 24.9 Å². The summed E-state index contributed by atoms with van der Waals surface area (Å²) in [6.07, 6.45) is 2.24. The van der Waals surface area contributed by atoms with Crippen molar-refractivity contribution < 1.29 is 14.6 Å². The first-order valence-electron chi connectivity index (χ1n) is 7.36. The minimum absolute atomic E-state index is 0.00256. The van der Waals surface area contributed by atoms with E-state index in [0.29, 0.717) is 5.92 Å². The van der Waals surface area contributed by atoms with Gasteiger partial charge in [0.05, 0.1) is 6.61 Å². The van der Waals surface area contributed by atoms with Crippen molar-refractivity contribution in [3.63, 3.8) is 0 Å². The number of piperidine rings is 3. The molecule has 4 rings (SSSR count). The number of ether oxygens (including phenoxy) is 1. The maximum atomic E-state index is 12.3. The summed E-state index contributed by atoms with van der Waals surface area (Å²) >= 11 is 0. The Morgan fingerprint density at radius 1 is 1.30 bits per heavy atom. The Bertz CT molecular complexity index is 454. The number of nitrogens with zero attached hydrogens (tertiary/aromatic N) is 1. The van der Waals surface area contributed by atoms with Crippen molar-refractivity contribution in [2.75, 3.05) is 26.2 Å². The van der Waals surface area contributed by atoms with Gasteiger partial charge in [0.25, 0.3) is 0 Å². The van der Waals surface area contributed by atoms with Gasteiger partial charge in [-0.3, -0.25) is 9.69 Å².